The Hall–Kier alpha value is -1.50. The molecule has 1 fully saturated rings. The Kier molecular flexibility index (Phi) is 3.82. The van der Waals surface area contributed by atoms with E-state index in [1.165, 1.54) is 6.92 Å². The molecule has 1 saturated heterocycles. The first-order valence-corrected chi connectivity index (χ1v) is 6.76. The first-order chi connectivity index (χ1) is 9.27. The molecule has 1 aliphatic rings. The molecule has 0 aromatic heterocycles. The molecular weight excluding hydrogens is 336 g/mol. The third kappa shape index (κ3) is 2.30. The summed E-state index contributed by atoms with van der Waals surface area (Å²) in [5.41, 5.74) is -2.15. The molecule has 1 aromatic carbocycles. The van der Waals surface area contributed by atoms with Crippen molar-refractivity contribution in [2.24, 2.45) is 0 Å². The van der Waals surface area contributed by atoms with Crippen molar-refractivity contribution < 1.29 is 23.5 Å². The molecular formula is C13H12BrF2NO3. The van der Waals surface area contributed by atoms with E-state index in [-0.39, 0.29) is 17.4 Å². The highest BCUT2D eigenvalue weighted by Gasteiger charge is 2.47. The van der Waals surface area contributed by atoms with E-state index in [2.05, 4.69) is 15.9 Å². The molecule has 1 N–H and O–H groups in total. The van der Waals surface area contributed by atoms with E-state index in [4.69, 9.17) is 0 Å². The van der Waals surface area contributed by atoms with Gasteiger partial charge in [0, 0.05) is 11.0 Å². The van der Waals surface area contributed by atoms with E-state index in [1.54, 1.807) is 0 Å². The van der Waals surface area contributed by atoms with Crippen LogP contribution in [0.5, 0.6) is 0 Å². The van der Waals surface area contributed by atoms with Gasteiger partial charge in [0.05, 0.1) is 0 Å². The van der Waals surface area contributed by atoms with Crippen LogP contribution in [0.2, 0.25) is 0 Å². The Balaban J connectivity index is 2.45. The van der Waals surface area contributed by atoms with Gasteiger partial charge in [0.25, 0.3) is 5.91 Å². The van der Waals surface area contributed by atoms with Gasteiger partial charge >= 0.3 is 5.97 Å². The van der Waals surface area contributed by atoms with Crippen molar-refractivity contribution in [3.05, 3.63) is 33.8 Å². The third-order valence-corrected chi connectivity index (χ3v) is 4.03. The lowest BCUT2D eigenvalue weighted by molar-refractivity contribution is -0.147. The van der Waals surface area contributed by atoms with E-state index in [1.807, 2.05) is 0 Å². The van der Waals surface area contributed by atoms with Gasteiger partial charge in [-0.1, -0.05) is 15.9 Å². The summed E-state index contributed by atoms with van der Waals surface area (Å²) in [6.45, 7) is 1.55. The normalized spacial score (nSPS) is 22.1. The molecule has 1 atom stereocenters. The molecule has 0 saturated carbocycles. The summed E-state index contributed by atoms with van der Waals surface area (Å²) < 4.78 is 27.8. The predicted molar refractivity (Wildman–Crippen MR) is 70.4 cm³/mol. The van der Waals surface area contributed by atoms with Crippen molar-refractivity contribution in [1.29, 1.82) is 0 Å². The SMILES string of the molecule is CC1(C(=O)O)CCCN1C(=O)c1c(F)cc(Br)cc1F. The Morgan fingerprint density at radius 2 is 1.90 bits per heavy atom. The Labute approximate surface area is 122 Å². The molecule has 1 amide bonds. The number of benzene rings is 1. The summed E-state index contributed by atoms with van der Waals surface area (Å²) in [5, 5.41) is 9.23. The first-order valence-electron chi connectivity index (χ1n) is 5.97. The van der Waals surface area contributed by atoms with Crippen LogP contribution in [0.1, 0.15) is 30.1 Å². The lowest BCUT2D eigenvalue weighted by atomic mass is 9.98. The quantitative estimate of drug-likeness (QED) is 0.894. The minimum absolute atomic E-state index is 0.163. The minimum Gasteiger partial charge on any atom is -0.480 e. The van der Waals surface area contributed by atoms with Crippen LogP contribution in [0, 0.1) is 11.6 Å². The molecule has 1 heterocycles. The third-order valence-electron chi connectivity index (χ3n) is 3.57. The van der Waals surface area contributed by atoms with E-state index in [0.29, 0.717) is 6.42 Å². The van der Waals surface area contributed by atoms with E-state index >= 15 is 0 Å². The minimum atomic E-state index is -1.43. The van der Waals surface area contributed by atoms with Crippen LogP contribution in [0.25, 0.3) is 0 Å². The van der Waals surface area contributed by atoms with Crippen LogP contribution >= 0.6 is 15.9 Å². The van der Waals surface area contributed by atoms with Crippen LogP contribution in [-0.2, 0) is 4.79 Å². The predicted octanol–water partition coefficient (Wildman–Crippen LogP) is 2.81. The molecule has 0 radical (unpaired) electrons. The molecule has 0 spiro atoms. The summed E-state index contributed by atoms with van der Waals surface area (Å²) in [6, 6.07) is 1.95. The van der Waals surface area contributed by atoms with Gasteiger partial charge in [-0.05, 0) is 31.9 Å². The summed E-state index contributed by atoms with van der Waals surface area (Å²) in [5.74, 6) is -4.14. The Morgan fingerprint density at radius 3 is 2.40 bits per heavy atom. The average Bonchev–Trinajstić information content (AvgIpc) is 2.71. The number of rotatable bonds is 2. The van der Waals surface area contributed by atoms with Crippen molar-refractivity contribution >= 4 is 27.8 Å². The number of amides is 1. The van der Waals surface area contributed by atoms with Crippen LogP contribution in [0.15, 0.2) is 16.6 Å². The fourth-order valence-corrected chi connectivity index (χ4v) is 2.79. The van der Waals surface area contributed by atoms with E-state index < -0.39 is 34.6 Å². The van der Waals surface area contributed by atoms with Crippen LogP contribution in [0.4, 0.5) is 8.78 Å². The van der Waals surface area contributed by atoms with Crippen molar-refractivity contribution in [2.45, 2.75) is 25.3 Å². The largest absolute Gasteiger partial charge is 0.480 e. The highest BCUT2D eigenvalue weighted by Crippen LogP contribution is 2.32. The maximum atomic E-state index is 13.8. The molecule has 0 bridgehead atoms. The lowest BCUT2D eigenvalue weighted by Gasteiger charge is -2.31. The number of carbonyl (C=O) groups excluding carboxylic acids is 1. The fourth-order valence-electron chi connectivity index (χ4n) is 2.39. The molecule has 20 heavy (non-hydrogen) atoms. The summed E-state index contributed by atoms with van der Waals surface area (Å²) in [6.07, 6.45) is 0.738. The first kappa shape index (κ1) is 14.9. The van der Waals surface area contributed by atoms with Gasteiger partial charge in [-0.2, -0.15) is 0 Å². The second kappa shape index (κ2) is 5.12. The fraction of sp³-hybridized carbons (Fsp3) is 0.385. The lowest BCUT2D eigenvalue weighted by Crippen LogP contribution is -2.51. The summed E-state index contributed by atoms with van der Waals surface area (Å²) in [7, 11) is 0. The van der Waals surface area contributed by atoms with Crippen molar-refractivity contribution in [2.75, 3.05) is 6.54 Å². The zero-order valence-corrected chi connectivity index (χ0v) is 12.2. The average molecular weight is 348 g/mol. The Morgan fingerprint density at radius 1 is 1.35 bits per heavy atom. The highest BCUT2D eigenvalue weighted by molar-refractivity contribution is 9.10. The Bertz CT molecular complexity index is 570. The van der Waals surface area contributed by atoms with Gasteiger partial charge < -0.3 is 10.0 Å². The molecule has 1 unspecified atom stereocenters. The monoisotopic (exact) mass is 347 g/mol. The molecule has 1 aliphatic heterocycles. The molecule has 2 rings (SSSR count). The van der Waals surface area contributed by atoms with Gasteiger partial charge in [0.15, 0.2) is 0 Å². The van der Waals surface area contributed by atoms with Gasteiger partial charge in [-0.25, -0.2) is 13.6 Å². The van der Waals surface area contributed by atoms with Crippen LogP contribution < -0.4 is 0 Å². The summed E-state index contributed by atoms with van der Waals surface area (Å²) in [4.78, 5) is 24.6. The number of nitrogens with zero attached hydrogens (tertiary/aromatic N) is 1. The number of carboxylic acids is 1. The van der Waals surface area contributed by atoms with Crippen LogP contribution in [0.3, 0.4) is 0 Å². The smallest absolute Gasteiger partial charge is 0.329 e. The highest BCUT2D eigenvalue weighted by atomic mass is 79.9. The zero-order chi connectivity index (χ0) is 15.1. The maximum absolute atomic E-state index is 13.8. The maximum Gasteiger partial charge on any atom is 0.329 e. The van der Waals surface area contributed by atoms with Crippen molar-refractivity contribution in [3.8, 4) is 0 Å². The zero-order valence-electron chi connectivity index (χ0n) is 10.6. The molecule has 108 valence electrons. The number of aliphatic carboxylic acids is 1. The topological polar surface area (TPSA) is 57.6 Å². The van der Waals surface area contributed by atoms with Gasteiger partial charge in [0.2, 0.25) is 0 Å². The number of likely N-dealkylation sites (tertiary alicyclic amines) is 1. The number of carbonyl (C=O) groups is 2. The summed E-state index contributed by atoms with van der Waals surface area (Å²) >= 11 is 2.93. The second-order valence-electron chi connectivity index (χ2n) is 4.88. The van der Waals surface area contributed by atoms with Crippen molar-refractivity contribution in [1.82, 2.24) is 4.90 Å². The molecule has 1 aromatic rings. The second-order valence-corrected chi connectivity index (χ2v) is 5.80. The molecule has 0 aliphatic carbocycles. The standard InChI is InChI=1S/C13H12BrF2NO3/c1-13(12(19)20)3-2-4-17(13)11(18)10-8(15)5-7(14)6-9(10)16/h5-6H,2-4H2,1H3,(H,19,20). The molecule has 4 nitrogen and oxygen atoms in total. The number of halogens is 3. The number of carboxylic acid groups (broad SMARTS) is 1. The van der Waals surface area contributed by atoms with Gasteiger partial charge in [-0.15, -0.1) is 0 Å². The van der Waals surface area contributed by atoms with Gasteiger partial charge in [-0.3, -0.25) is 4.79 Å². The van der Waals surface area contributed by atoms with E-state index in [9.17, 15) is 23.5 Å². The van der Waals surface area contributed by atoms with E-state index in [0.717, 1.165) is 17.0 Å². The number of hydrogen-bond donors (Lipinski definition) is 1. The molecule has 7 heteroatoms. The van der Waals surface area contributed by atoms with Gasteiger partial charge in [0.1, 0.15) is 22.7 Å². The van der Waals surface area contributed by atoms with Crippen molar-refractivity contribution in [3.63, 3.8) is 0 Å². The number of hydrogen-bond acceptors (Lipinski definition) is 2. The van der Waals surface area contributed by atoms with Crippen LogP contribution in [-0.4, -0.2) is 34.0 Å².